The lowest BCUT2D eigenvalue weighted by Crippen LogP contribution is -2.26. The molecule has 1 heterocycles. The second-order valence-electron chi connectivity index (χ2n) is 3.71. The molecule has 0 aliphatic rings. The lowest BCUT2D eigenvalue weighted by Gasteiger charge is -2.04. The standard InChI is InChI=1S/C10H16N4O3/c1-14-7-12-13-8(14)5-6-11-9(15)3-2-4-10(16)17/h7H,2-6H2,1H3,(H,11,15)(H,16,17). The van der Waals surface area contributed by atoms with Crippen molar-refractivity contribution in [3.8, 4) is 0 Å². The van der Waals surface area contributed by atoms with Crippen LogP contribution >= 0.6 is 0 Å². The molecule has 17 heavy (non-hydrogen) atoms. The van der Waals surface area contributed by atoms with Crippen molar-refractivity contribution < 1.29 is 14.7 Å². The van der Waals surface area contributed by atoms with Gasteiger partial charge in [-0.25, -0.2) is 0 Å². The van der Waals surface area contributed by atoms with E-state index in [1.807, 2.05) is 7.05 Å². The number of carbonyl (C=O) groups is 2. The van der Waals surface area contributed by atoms with E-state index < -0.39 is 5.97 Å². The van der Waals surface area contributed by atoms with Crippen LogP contribution in [0.1, 0.15) is 25.1 Å². The Morgan fingerprint density at radius 3 is 2.82 bits per heavy atom. The number of hydrogen-bond donors (Lipinski definition) is 2. The first-order valence-corrected chi connectivity index (χ1v) is 5.41. The molecular formula is C10H16N4O3. The highest BCUT2D eigenvalue weighted by Crippen LogP contribution is 1.96. The molecule has 1 amide bonds. The predicted molar refractivity (Wildman–Crippen MR) is 59.2 cm³/mol. The zero-order valence-electron chi connectivity index (χ0n) is 9.72. The maximum absolute atomic E-state index is 11.3. The summed E-state index contributed by atoms with van der Waals surface area (Å²) in [5, 5.41) is 18.7. The summed E-state index contributed by atoms with van der Waals surface area (Å²) in [6.07, 6.45) is 2.85. The largest absolute Gasteiger partial charge is 0.481 e. The minimum Gasteiger partial charge on any atom is -0.481 e. The number of aliphatic carboxylic acids is 1. The lowest BCUT2D eigenvalue weighted by molar-refractivity contribution is -0.137. The van der Waals surface area contributed by atoms with E-state index in [4.69, 9.17) is 5.11 Å². The van der Waals surface area contributed by atoms with Gasteiger partial charge in [0, 0.05) is 32.9 Å². The van der Waals surface area contributed by atoms with Gasteiger partial charge in [0.2, 0.25) is 5.91 Å². The topological polar surface area (TPSA) is 97.1 Å². The zero-order chi connectivity index (χ0) is 12.7. The van der Waals surface area contributed by atoms with Crippen molar-refractivity contribution in [2.75, 3.05) is 6.54 Å². The molecule has 0 spiro atoms. The summed E-state index contributed by atoms with van der Waals surface area (Å²) in [6.45, 7) is 0.485. The van der Waals surface area contributed by atoms with E-state index in [0.29, 0.717) is 19.4 Å². The number of hydrogen-bond acceptors (Lipinski definition) is 4. The average molecular weight is 240 g/mol. The Morgan fingerprint density at radius 1 is 1.47 bits per heavy atom. The van der Waals surface area contributed by atoms with Gasteiger partial charge in [0.1, 0.15) is 12.2 Å². The van der Waals surface area contributed by atoms with Crippen molar-refractivity contribution in [3.63, 3.8) is 0 Å². The van der Waals surface area contributed by atoms with Crippen molar-refractivity contribution in [2.45, 2.75) is 25.7 Å². The van der Waals surface area contributed by atoms with Crippen LogP contribution in [0.2, 0.25) is 0 Å². The molecule has 0 bridgehead atoms. The SMILES string of the molecule is Cn1cnnc1CCNC(=O)CCCC(=O)O. The van der Waals surface area contributed by atoms with Crippen LogP contribution < -0.4 is 5.32 Å². The Morgan fingerprint density at radius 2 is 2.24 bits per heavy atom. The van der Waals surface area contributed by atoms with E-state index in [0.717, 1.165) is 5.82 Å². The smallest absolute Gasteiger partial charge is 0.303 e. The van der Waals surface area contributed by atoms with Crippen molar-refractivity contribution in [2.24, 2.45) is 7.05 Å². The van der Waals surface area contributed by atoms with E-state index in [-0.39, 0.29) is 18.7 Å². The summed E-state index contributed by atoms with van der Waals surface area (Å²) in [5.74, 6) is -0.207. The van der Waals surface area contributed by atoms with Gasteiger partial charge >= 0.3 is 5.97 Å². The van der Waals surface area contributed by atoms with Gasteiger partial charge in [0.25, 0.3) is 0 Å². The third-order valence-corrected chi connectivity index (χ3v) is 2.27. The monoisotopic (exact) mass is 240 g/mol. The molecule has 7 heteroatoms. The second kappa shape index (κ2) is 6.62. The van der Waals surface area contributed by atoms with Gasteiger partial charge < -0.3 is 15.0 Å². The van der Waals surface area contributed by atoms with Gasteiger partial charge in [-0.15, -0.1) is 10.2 Å². The molecule has 0 saturated carbocycles. The molecule has 1 rings (SSSR count). The summed E-state index contributed by atoms with van der Waals surface area (Å²) in [5.41, 5.74) is 0. The van der Waals surface area contributed by atoms with Crippen LogP contribution in [0, 0.1) is 0 Å². The van der Waals surface area contributed by atoms with E-state index in [9.17, 15) is 9.59 Å². The number of rotatable bonds is 7. The summed E-state index contributed by atoms with van der Waals surface area (Å²) < 4.78 is 1.79. The maximum Gasteiger partial charge on any atom is 0.303 e. The number of carbonyl (C=O) groups excluding carboxylic acids is 1. The highest BCUT2D eigenvalue weighted by atomic mass is 16.4. The third-order valence-electron chi connectivity index (χ3n) is 2.27. The molecule has 0 fully saturated rings. The summed E-state index contributed by atoms with van der Waals surface area (Å²) in [4.78, 5) is 21.5. The van der Waals surface area contributed by atoms with Crippen molar-refractivity contribution in [1.82, 2.24) is 20.1 Å². The minimum atomic E-state index is -0.878. The summed E-state index contributed by atoms with van der Waals surface area (Å²) >= 11 is 0. The Balaban J connectivity index is 2.12. The Hall–Kier alpha value is -1.92. The van der Waals surface area contributed by atoms with Crippen LogP contribution in [0.3, 0.4) is 0 Å². The van der Waals surface area contributed by atoms with Crippen molar-refractivity contribution in [3.05, 3.63) is 12.2 Å². The molecule has 1 aromatic rings. The van der Waals surface area contributed by atoms with Crippen LogP contribution in [-0.4, -0.2) is 38.3 Å². The quantitative estimate of drug-likeness (QED) is 0.683. The summed E-state index contributed by atoms with van der Waals surface area (Å²) in [6, 6.07) is 0. The minimum absolute atomic E-state index is 0.0245. The molecule has 0 aliphatic carbocycles. The van der Waals surface area contributed by atoms with Gasteiger partial charge in [-0.1, -0.05) is 0 Å². The zero-order valence-corrected chi connectivity index (χ0v) is 9.72. The molecule has 7 nitrogen and oxygen atoms in total. The first kappa shape index (κ1) is 13.1. The fourth-order valence-corrected chi connectivity index (χ4v) is 1.34. The molecule has 0 atom stereocenters. The Bertz CT molecular complexity index is 389. The fraction of sp³-hybridized carbons (Fsp3) is 0.600. The van der Waals surface area contributed by atoms with Crippen LogP contribution in [0.5, 0.6) is 0 Å². The average Bonchev–Trinajstić information content (AvgIpc) is 2.64. The highest BCUT2D eigenvalue weighted by Gasteiger charge is 2.05. The molecule has 0 unspecified atom stereocenters. The lowest BCUT2D eigenvalue weighted by atomic mass is 10.2. The molecule has 0 aromatic carbocycles. The Labute approximate surface area is 98.8 Å². The number of carboxylic acids is 1. The molecule has 2 N–H and O–H groups in total. The van der Waals surface area contributed by atoms with E-state index in [1.54, 1.807) is 10.9 Å². The number of amides is 1. The predicted octanol–water partition coefficient (Wildman–Crippen LogP) is -0.271. The first-order valence-electron chi connectivity index (χ1n) is 5.41. The van der Waals surface area contributed by atoms with Crippen molar-refractivity contribution >= 4 is 11.9 Å². The summed E-state index contributed by atoms with van der Waals surface area (Å²) in [7, 11) is 1.84. The molecule has 0 radical (unpaired) electrons. The van der Waals surface area contributed by atoms with Crippen molar-refractivity contribution in [1.29, 1.82) is 0 Å². The van der Waals surface area contributed by atoms with Gasteiger partial charge in [-0.05, 0) is 6.42 Å². The van der Waals surface area contributed by atoms with E-state index in [2.05, 4.69) is 15.5 Å². The molecule has 0 aliphatic heterocycles. The van der Waals surface area contributed by atoms with Gasteiger partial charge in [0.05, 0.1) is 0 Å². The normalized spacial score (nSPS) is 10.2. The second-order valence-corrected chi connectivity index (χ2v) is 3.71. The Kier molecular flexibility index (Phi) is 5.12. The van der Waals surface area contributed by atoms with Crippen LogP contribution in [0.15, 0.2) is 6.33 Å². The number of carboxylic acid groups (broad SMARTS) is 1. The van der Waals surface area contributed by atoms with Crippen LogP contribution in [0.4, 0.5) is 0 Å². The molecular weight excluding hydrogens is 224 g/mol. The first-order chi connectivity index (χ1) is 8.09. The highest BCUT2D eigenvalue weighted by molar-refractivity contribution is 5.76. The van der Waals surface area contributed by atoms with Crippen LogP contribution in [0.25, 0.3) is 0 Å². The number of aromatic nitrogens is 3. The fourth-order valence-electron chi connectivity index (χ4n) is 1.34. The van der Waals surface area contributed by atoms with Gasteiger partial charge in [-0.3, -0.25) is 9.59 Å². The van der Waals surface area contributed by atoms with Gasteiger partial charge in [0.15, 0.2) is 0 Å². The maximum atomic E-state index is 11.3. The number of nitrogens with one attached hydrogen (secondary N) is 1. The van der Waals surface area contributed by atoms with Gasteiger partial charge in [-0.2, -0.15) is 0 Å². The third kappa shape index (κ3) is 5.10. The van der Waals surface area contributed by atoms with E-state index in [1.165, 1.54) is 0 Å². The number of aryl methyl sites for hydroxylation is 1. The van der Waals surface area contributed by atoms with E-state index >= 15 is 0 Å². The molecule has 1 aromatic heterocycles. The molecule has 94 valence electrons. The number of nitrogens with zero attached hydrogens (tertiary/aromatic N) is 3. The molecule has 0 saturated heterocycles. The van der Waals surface area contributed by atoms with Crippen LogP contribution in [-0.2, 0) is 23.1 Å².